The largest absolute Gasteiger partial charge is 0.465 e. The van der Waals surface area contributed by atoms with E-state index in [9.17, 15) is 4.79 Å². The van der Waals surface area contributed by atoms with Crippen LogP contribution in [0.15, 0.2) is 24.3 Å². The molecule has 1 rings (SSSR count). The number of para-hydroxylation sites is 1. The van der Waals surface area contributed by atoms with Crippen LogP contribution in [0.2, 0.25) is 0 Å². The molecule has 0 aliphatic carbocycles. The smallest absolute Gasteiger partial charge is 0.322 e. The molecule has 0 radical (unpaired) electrons. The van der Waals surface area contributed by atoms with Crippen molar-refractivity contribution in [1.82, 2.24) is 5.32 Å². The van der Waals surface area contributed by atoms with E-state index in [1.807, 2.05) is 24.3 Å². The Morgan fingerprint density at radius 3 is 2.81 bits per heavy atom. The van der Waals surface area contributed by atoms with E-state index < -0.39 is 0 Å². The minimum absolute atomic E-state index is 0.239. The van der Waals surface area contributed by atoms with Gasteiger partial charge in [-0.1, -0.05) is 18.2 Å². The van der Waals surface area contributed by atoms with Crippen molar-refractivity contribution in [2.45, 2.75) is 26.4 Å². The number of nitrogen functional groups attached to an aromatic ring is 1. The van der Waals surface area contributed by atoms with Crippen LogP contribution in [0.25, 0.3) is 0 Å². The Bertz CT molecular complexity index is 353. The van der Waals surface area contributed by atoms with Crippen molar-refractivity contribution in [2.24, 2.45) is 0 Å². The van der Waals surface area contributed by atoms with Crippen LogP contribution in [-0.4, -0.2) is 18.6 Å². The summed E-state index contributed by atoms with van der Waals surface area (Å²) in [5, 5.41) is 3.07. The first-order valence-electron chi connectivity index (χ1n) is 5.38. The van der Waals surface area contributed by atoms with Gasteiger partial charge in [0.1, 0.15) is 6.04 Å². The number of anilines is 1. The molecule has 4 heteroatoms. The molecule has 0 bridgehead atoms. The summed E-state index contributed by atoms with van der Waals surface area (Å²) < 4.78 is 4.89. The first kappa shape index (κ1) is 12.5. The second kappa shape index (κ2) is 6.12. The zero-order valence-electron chi connectivity index (χ0n) is 9.69. The highest BCUT2D eigenvalue weighted by molar-refractivity contribution is 5.75. The molecule has 1 aromatic rings. The van der Waals surface area contributed by atoms with Gasteiger partial charge in [-0.2, -0.15) is 0 Å². The van der Waals surface area contributed by atoms with Gasteiger partial charge in [0, 0.05) is 12.2 Å². The number of carbonyl (C=O) groups excluding carboxylic acids is 1. The van der Waals surface area contributed by atoms with Gasteiger partial charge in [-0.15, -0.1) is 0 Å². The predicted octanol–water partition coefficient (Wildman–Crippen LogP) is 1.31. The fourth-order valence-electron chi connectivity index (χ4n) is 1.31. The van der Waals surface area contributed by atoms with Gasteiger partial charge in [-0.25, -0.2) is 0 Å². The predicted molar refractivity (Wildman–Crippen MR) is 63.8 cm³/mol. The lowest BCUT2D eigenvalue weighted by Gasteiger charge is -2.13. The number of hydrogen-bond acceptors (Lipinski definition) is 4. The molecule has 1 aromatic carbocycles. The van der Waals surface area contributed by atoms with E-state index in [4.69, 9.17) is 10.5 Å². The van der Waals surface area contributed by atoms with Crippen LogP contribution in [0.4, 0.5) is 5.69 Å². The maximum Gasteiger partial charge on any atom is 0.322 e. The zero-order chi connectivity index (χ0) is 12.0. The zero-order valence-corrected chi connectivity index (χ0v) is 9.69. The molecule has 88 valence electrons. The molecule has 0 heterocycles. The maximum absolute atomic E-state index is 11.3. The van der Waals surface area contributed by atoms with Crippen LogP contribution in [0.5, 0.6) is 0 Å². The summed E-state index contributed by atoms with van der Waals surface area (Å²) in [4.78, 5) is 11.3. The molecule has 4 nitrogen and oxygen atoms in total. The lowest BCUT2D eigenvalue weighted by Crippen LogP contribution is -2.35. The van der Waals surface area contributed by atoms with E-state index in [0.717, 1.165) is 11.3 Å². The van der Waals surface area contributed by atoms with Crippen molar-refractivity contribution in [2.75, 3.05) is 12.3 Å². The van der Waals surface area contributed by atoms with Crippen LogP contribution >= 0.6 is 0 Å². The van der Waals surface area contributed by atoms with Gasteiger partial charge in [0.25, 0.3) is 0 Å². The molecule has 16 heavy (non-hydrogen) atoms. The van der Waals surface area contributed by atoms with Crippen LogP contribution in [-0.2, 0) is 16.1 Å². The molecule has 0 amide bonds. The van der Waals surface area contributed by atoms with Crippen molar-refractivity contribution in [3.8, 4) is 0 Å². The minimum atomic E-state index is -0.320. The molecule has 0 spiro atoms. The number of nitrogens with one attached hydrogen (secondary N) is 1. The van der Waals surface area contributed by atoms with Crippen LogP contribution in [0.1, 0.15) is 19.4 Å². The number of esters is 1. The molecule has 0 aliphatic heterocycles. The SMILES string of the molecule is CCOC(=O)[C@H](C)NCc1ccccc1N. The van der Waals surface area contributed by atoms with Gasteiger partial charge in [0.15, 0.2) is 0 Å². The third kappa shape index (κ3) is 3.55. The molecule has 1 atom stereocenters. The second-order valence-electron chi connectivity index (χ2n) is 3.55. The Balaban J connectivity index is 2.46. The lowest BCUT2D eigenvalue weighted by molar-refractivity contribution is -0.145. The standard InChI is InChI=1S/C12H18N2O2/c1-3-16-12(15)9(2)14-8-10-6-4-5-7-11(10)13/h4-7,9,14H,3,8,13H2,1-2H3/t9-/m0/s1. The summed E-state index contributed by atoms with van der Waals surface area (Å²) in [6.45, 7) is 4.53. The summed E-state index contributed by atoms with van der Waals surface area (Å²) in [6.07, 6.45) is 0. The topological polar surface area (TPSA) is 64.3 Å². The van der Waals surface area contributed by atoms with Gasteiger partial charge in [-0.05, 0) is 25.5 Å². The minimum Gasteiger partial charge on any atom is -0.465 e. The quantitative estimate of drug-likeness (QED) is 0.582. The van der Waals surface area contributed by atoms with E-state index in [2.05, 4.69) is 5.32 Å². The molecule has 0 aliphatic rings. The summed E-state index contributed by atoms with van der Waals surface area (Å²) in [6, 6.07) is 7.25. The van der Waals surface area contributed by atoms with Crippen molar-refractivity contribution in [3.05, 3.63) is 29.8 Å². The maximum atomic E-state index is 11.3. The summed E-state index contributed by atoms with van der Waals surface area (Å²) in [5.74, 6) is -0.239. The fourth-order valence-corrected chi connectivity index (χ4v) is 1.31. The average Bonchev–Trinajstić information content (AvgIpc) is 2.28. The van der Waals surface area contributed by atoms with Crippen molar-refractivity contribution in [1.29, 1.82) is 0 Å². The highest BCUT2D eigenvalue weighted by Crippen LogP contribution is 2.09. The number of ether oxygens (including phenoxy) is 1. The van der Waals surface area contributed by atoms with E-state index >= 15 is 0 Å². The van der Waals surface area contributed by atoms with Gasteiger partial charge in [0.05, 0.1) is 6.61 Å². The normalized spacial score (nSPS) is 12.1. The van der Waals surface area contributed by atoms with Crippen LogP contribution in [0.3, 0.4) is 0 Å². The van der Waals surface area contributed by atoms with Crippen LogP contribution in [0, 0.1) is 0 Å². The first-order valence-corrected chi connectivity index (χ1v) is 5.38. The fraction of sp³-hybridized carbons (Fsp3) is 0.417. The van der Waals surface area contributed by atoms with Gasteiger partial charge < -0.3 is 15.8 Å². The monoisotopic (exact) mass is 222 g/mol. The van der Waals surface area contributed by atoms with E-state index in [-0.39, 0.29) is 12.0 Å². The Morgan fingerprint density at radius 1 is 1.50 bits per heavy atom. The second-order valence-corrected chi connectivity index (χ2v) is 3.55. The number of hydrogen-bond donors (Lipinski definition) is 2. The Hall–Kier alpha value is -1.55. The lowest BCUT2D eigenvalue weighted by atomic mass is 10.2. The molecular formula is C12H18N2O2. The Labute approximate surface area is 95.8 Å². The Morgan fingerprint density at radius 2 is 2.19 bits per heavy atom. The summed E-state index contributed by atoms with van der Waals surface area (Å²) in [7, 11) is 0. The summed E-state index contributed by atoms with van der Waals surface area (Å²) in [5.41, 5.74) is 7.50. The highest BCUT2D eigenvalue weighted by atomic mass is 16.5. The van der Waals surface area contributed by atoms with Gasteiger partial charge in [-0.3, -0.25) is 4.79 Å². The van der Waals surface area contributed by atoms with E-state index in [0.29, 0.717) is 13.2 Å². The molecule has 0 saturated carbocycles. The molecule has 0 aromatic heterocycles. The first-order chi connectivity index (χ1) is 7.65. The Kier molecular flexibility index (Phi) is 4.79. The van der Waals surface area contributed by atoms with E-state index in [1.165, 1.54) is 0 Å². The van der Waals surface area contributed by atoms with Crippen molar-refractivity contribution < 1.29 is 9.53 Å². The third-order valence-corrected chi connectivity index (χ3v) is 2.29. The molecule has 0 fully saturated rings. The molecular weight excluding hydrogens is 204 g/mol. The van der Waals surface area contributed by atoms with Crippen molar-refractivity contribution >= 4 is 11.7 Å². The molecule has 0 saturated heterocycles. The number of rotatable bonds is 5. The van der Waals surface area contributed by atoms with Gasteiger partial charge >= 0.3 is 5.97 Å². The number of nitrogens with two attached hydrogens (primary N) is 1. The van der Waals surface area contributed by atoms with Crippen LogP contribution < -0.4 is 11.1 Å². The van der Waals surface area contributed by atoms with E-state index in [1.54, 1.807) is 13.8 Å². The third-order valence-electron chi connectivity index (χ3n) is 2.29. The number of carbonyl (C=O) groups is 1. The summed E-state index contributed by atoms with van der Waals surface area (Å²) >= 11 is 0. The van der Waals surface area contributed by atoms with Gasteiger partial charge in [0.2, 0.25) is 0 Å². The van der Waals surface area contributed by atoms with Crippen molar-refractivity contribution in [3.63, 3.8) is 0 Å². The molecule has 0 unspecified atom stereocenters. The average molecular weight is 222 g/mol. The highest BCUT2D eigenvalue weighted by Gasteiger charge is 2.12. The number of benzene rings is 1. The molecule has 3 N–H and O–H groups in total.